The lowest BCUT2D eigenvalue weighted by molar-refractivity contribution is 0.361. The van der Waals surface area contributed by atoms with Crippen LogP contribution in [0, 0.1) is 0 Å². The molecule has 0 aromatic carbocycles. The molecular formula is C11H14N4O2. The highest BCUT2D eigenvalue weighted by atomic mass is 16.2. The Labute approximate surface area is 97.6 Å². The van der Waals surface area contributed by atoms with Crippen molar-refractivity contribution in [3.05, 3.63) is 33.2 Å². The summed E-state index contributed by atoms with van der Waals surface area (Å²) >= 11 is 0. The van der Waals surface area contributed by atoms with Gasteiger partial charge in [0.15, 0.2) is 11.2 Å². The minimum absolute atomic E-state index is 0.213. The summed E-state index contributed by atoms with van der Waals surface area (Å²) in [5.41, 5.74) is -0.843. The van der Waals surface area contributed by atoms with Gasteiger partial charge < -0.3 is 0 Å². The van der Waals surface area contributed by atoms with Crippen LogP contribution in [0.2, 0.25) is 0 Å². The lowest BCUT2D eigenvalue weighted by Crippen LogP contribution is -2.47. The summed E-state index contributed by atoms with van der Waals surface area (Å²) in [6.07, 6.45) is 2.91. The van der Waals surface area contributed by atoms with Crippen molar-refractivity contribution >= 4 is 11.2 Å². The molecule has 0 bridgehead atoms. The Hall–Kier alpha value is -1.98. The highest BCUT2D eigenvalue weighted by Crippen LogP contribution is 2.09. The van der Waals surface area contributed by atoms with Gasteiger partial charge in [0.05, 0.1) is 0 Å². The number of hydrogen-bond acceptors (Lipinski definition) is 4. The van der Waals surface area contributed by atoms with Crippen LogP contribution in [0.4, 0.5) is 0 Å². The van der Waals surface area contributed by atoms with Crippen molar-refractivity contribution in [2.75, 3.05) is 0 Å². The molecule has 0 N–H and O–H groups in total. The largest absolute Gasteiger partial charge is 0.332 e. The highest BCUT2D eigenvalue weighted by Gasteiger charge is 2.22. The van der Waals surface area contributed by atoms with Crippen LogP contribution in [0.5, 0.6) is 0 Å². The van der Waals surface area contributed by atoms with Crippen molar-refractivity contribution in [1.29, 1.82) is 0 Å². The first-order chi connectivity index (χ1) is 7.84. The molecule has 90 valence electrons. The van der Waals surface area contributed by atoms with E-state index in [0.717, 1.165) is 0 Å². The molecule has 2 aromatic heterocycles. The van der Waals surface area contributed by atoms with Gasteiger partial charge in [-0.05, 0) is 20.8 Å². The van der Waals surface area contributed by atoms with E-state index in [1.54, 1.807) is 27.8 Å². The second kappa shape index (κ2) is 3.51. The SMILES string of the molecule is Cn1c(=O)n(C(C)(C)C)c(=O)c2nccnc21. The molecule has 0 fully saturated rings. The van der Waals surface area contributed by atoms with Gasteiger partial charge in [-0.15, -0.1) is 0 Å². The van der Waals surface area contributed by atoms with Crippen molar-refractivity contribution < 1.29 is 0 Å². The van der Waals surface area contributed by atoms with E-state index >= 15 is 0 Å². The molecule has 2 heterocycles. The quantitative estimate of drug-likeness (QED) is 0.655. The summed E-state index contributed by atoms with van der Waals surface area (Å²) in [5, 5.41) is 0. The average Bonchev–Trinajstić information content (AvgIpc) is 2.24. The van der Waals surface area contributed by atoms with Crippen molar-refractivity contribution in [1.82, 2.24) is 19.1 Å². The van der Waals surface area contributed by atoms with Crippen molar-refractivity contribution in [3.8, 4) is 0 Å². The Morgan fingerprint density at radius 1 is 1.12 bits per heavy atom. The maximum Gasteiger partial charge on any atom is 0.332 e. The van der Waals surface area contributed by atoms with Gasteiger partial charge in [0.2, 0.25) is 0 Å². The van der Waals surface area contributed by atoms with Crippen molar-refractivity contribution in [2.45, 2.75) is 26.3 Å². The topological polar surface area (TPSA) is 69.8 Å². The lowest BCUT2D eigenvalue weighted by Gasteiger charge is -2.22. The van der Waals surface area contributed by atoms with E-state index in [-0.39, 0.29) is 11.2 Å². The maximum atomic E-state index is 12.2. The Balaban J connectivity index is 3.09. The Morgan fingerprint density at radius 3 is 2.29 bits per heavy atom. The Morgan fingerprint density at radius 2 is 1.71 bits per heavy atom. The lowest BCUT2D eigenvalue weighted by atomic mass is 10.1. The number of nitrogens with zero attached hydrogens (tertiary/aromatic N) is 4. The fourth-order valence-corrected chi connectivity index (χ4v) is 1.75. The zero-order valence-electron chi connectivity index (χ0n) is 10.3. The van der Waals surface area contributed by atoms with Gasteiger partial charge in [0.25, 0.3) is 5.56 Å². The van der Waals surface area contributed by atoms with Gasteiger partial charge in [-0.25, -0.2) is 14.8 Å². The van der Waals surface area contributed by atoms with Crippen LogP contribution < -0.4 is 11.2 Å². The summed E-state index contributed by atoms with van der Waals surface area (Å²) in [4.78, 5) is 32.3. The van der Waals surface area contributed by atoms with E-state index in [0.29, 0.717) is 5.65 Å². The Bertz CT molecular complexity index is 691. The van der Waals surface area contributed by atoms with Gasteiger partial charge in [-0.2, -0.15) is 0 Å². The van der Waals surface area contributed by atoms with E-state index in [9.17, 15) is 9.59 Å². The van der Waals surface area contributed by atoms with Crippen LogP contribution in [0.15, 0.2) is 22.0 Å². The average molecular weight is 234 g/mol. The highest BCUT2D eigenvalue weighted by molar-refractivity contribution is 5.67. The normalized spacial score (nSPS) is 12.0. The van der Waals surface area contributed by atoms with Crippen LogP contribution in [0.1, 0.15) is 20.8 Å². The molecule has 0 aliphatic heterocycles. The van der Waals surface area contributed by atoms with Crippen LogP contribution in [-0.4, -0.2) is 19.1 Å². The molecule has 0 aliphatic rings. The van der Waals surface area contributed by atoms with Crippen molar-refractivity contribution in [2.24, 2.45) is 7.05 Å². The molecule has 0 saturated heterocycles. The third-order valence-corrected chi connectivity index (χ3v) is 2.55. The van der Waals surface area contributed by atoms with Crippen LogP contribution in [0.25, 0.3) is 11.2 Å². The smallest absolute Gasteiger partial charge is 0.279 e. The van der Waals surface area contributed by atoms with Gasteiger partial charge in [0.1, 0.15) is 0 Å². The predicted molar refractivity (Wildman–Crippen MR) is 64.0 cm³/mol. The number of rotatable bonds is 0. The number of hydrogen-bond donors (Lipinski definition) is 0. The third kappa shape index (κ3) is 1.65. The minimum Gasteiger partial charge on any atom is -0.279 e. The zero-order chi connectivity index (χ0) is 12.8. The summed E-state index contributed by atoms with van der Waals surface area (Å²) in [6.45, 7) is 5.41. The summed E-state index contributed by atoms with van der Waals surface area (Å²) in [6, 6.07) is 0. The molecule has 2 rings (SSSR count). The molecule has 0 atom stereocenters. The summed E-state index contributed by atoms with van der Waals surface area (Å²) in [7, 11) is 1.58. The molecule has 17 heavy (non-hydrogen) atoms. The van der Waals surface area contributed by atoms with Gasteiger partial charge in [0, 0.05) is 25.0 Å². The number of fused-ring (bicyclic) bond motifs is 1. The molecule has 0 saturated carbocycles. The standard InChI is InChI=1S/C11H14N4O2/c1-11(2,3)15-9(16)7-8(13-6-5-12-7)14(4)10(15)17/h5-6H,1-4H3. The summed E-state index contributed by atoms with van der Waals surface area (Å²) < 4.78 is 2.54. The van der Waals surface area contributed by atoms with E-state index < -0.39 is 11.1 Å². The van der Waals surface area contributed by atoms with Gasteiger partial charge in [-0.1, -0.05) is 0 Å². The first-order valence-electron chi connectivity index (χ1n) is 5.27. The molecule has 0 radical (unpaired) electrons. The number of aryl methyl sites for hydroxylation is 1. The second-order valence-electron chi connectivity index (χ2n) is 4.88. The number of aromatic nitrogens is 4. The van der Waals surface area contributed by atoms with E-state index in [1.807, 2.05) is 0 Å². The van der Waals surface area contributed by atoms with E-state index in [1.165, 1.54) is 21.5 Å². The van der Waals surface area contributed by atoms with Gasteiger partial charge >= 0.3 is 5.69 Å². The van der Waals surface area contributed by atoms with Gasteiger partial charge in [-0.3, -0.25) is 13.9 Å². The maximum absolute atomic E-state index is 12.2. The minimum atomic E-state index is -0.586. The third-order valence-electron chi connectivity index (χ3n) is 2.55. The first kappa shape index (κ1) is 11.5. The second-order valence-corrected chi connectivity index (χ2v) is 4.88. The van der Waals surface area contributed by atoms with Crippen LogP contribution in [-0.2, 0) is 12.6 Å². The molecule has 0 amide bonds. The zero-order valence-corrected chi connectivity index (χ0v) is 10.3. The van der Waals surface area contributed by atoms with E-state index in [2.05, 4.69) is 9.97 Å². The fourth-order valence-electron chi connectivity index (χ4n) is 1.75. The molecular weight excluding hydrogens is 220 g/mol. The van der Waals surface area contributed by atoms with Crippen LogP contribution in [0.3, 0.4) is 0 Å². The van der Waals surface area contributed by atoms with Crippen LogP contribution >= 0.6 is 0 Å². The molecule has 0 unspecified atom stereocenters. The molecule has 0 aliphatic carbocycles. The Kier molecular flexibility index (Phi) is 2.38. The predicted octanol–water partition coefficient (Wildman–Crippen LogP) is 0.245. The summed E-state index contributed by atoms with van der Waals surface area (Å²) in [5.74, 6) is 0. The molecule has 0 spiro atoms. The molecule has 6 nitrogen and oxygen atoms in total. The first-order valence-corrected chi connectivity index (χ1v) is 5.27. The monoisotopic (exact) mass is 234 g/mol. The molecule has 6 heteroatoms. The van der Waals surface area contributed by atoms with E-state index in [4.69, 9.17) is 0 Å². The molecule has 2 aromatic rings. The van der Waals surface area contributed by atoms with Crippen molar-refractivity contribution in [3.63, 3.8) is 0 Å². The fraction of sp³-hybridized carbons (Fsp3) is 0.455.